The molecule has 2 fully saturated rings. The summed E-state index contributed by atoms with van der Waals surface area (Å²) in [6.07, 6.45) is 5.83. The van der Waals surface area contributed by atoms with Gasteiger partial charge >= 0.3 is 0 Å². The molecule has 0 amide bonds. The Morgan fingerprint density at radius 2 is 2.00 bits per heavy atom. The van der Waals surface area contributed by atoms with Crippen LogP contribution >= 0.6 is 0 Å². The number of aromatic nitrogens is 3. The smallest absolute Gasteiger partial charge is 0.228 e. The number of likely N-dealkylation sites (tertiary alicyclic amines) is 1. The van der Waals surface area contributed by atoms with Gasteiger partial charge in [0.25, 0.3) is 0 Å². The van der Waals surface area contributed by atoms with Crippen molar-refractivity contribution in [1.82, 2.24) is 19.9 Å². The Hall–Kier alpha value is -2.00. The summed E-state index contributed by atoms with van der Waals surface area (Å²) in [7, 11) is -0.251. The number of aromatic amines is 1. The molecule has 3 heterocycles. The van der Waals surface area contributed by atoms with Gasteiger partial charge in [0.1, 0.15) is 29.0 Å². The number of fused-ring (bicyclic) bond motifs is 1. The van der Waals surface area contributed by atoms with Gasteiger partial charge in [-0.15, -0.1) is 0 Å². The average Bonchev–Trinajstić information content (AvgIpc) is 3.09. The predicted octanol–water partition coefficient (Wildman–Crippen LogP) is 1.62. The van der Waals surface area contributed by atoms with Crippen LogP contribution in [0.5, 0.6) is 0 Å². The normalized spacial score (nSPS) is 24.4. The van der Waals surface area contributed by atoms with Crippen molar-refractivity contribution in [2.24, 2.45) is 5.92 Å². The number of hydrogen-bond acceptors (Lipinski definition) is 5. The standard InChI is InChI=1S/C17H22FN5O2S/c1-22(16-14-6-7-19-15(14)20-10-21-16)13-4-2-11(3-5-13)17(26(24)25)23-8-12(18)9-23/h6-7,10-13H,2-5,8-9H2,1H3,(H,19,20,21). The van der Waals surface area contributed by atoms with Gasteiger partial charge in [-0.25, -0.2) is 14.4 Å². The molecule has 9 heteroatoms. The number of anilines is 1. The summed E-state index contributed by atoms with van der Waals surface area (Å²) < 4.78 is 36.5. The Bertz CT molecular complexity index is 922. The molecule has 26 heavy (non-hydrogen) atoms. The van der Waals surface area contributed by atoms with E-state index in [4.69, 9.17) is 0 Å². The van der Waals surface area contributed by atoms with Crippen LogP contribution in [0.2, 0.25) is 0 Å². The first-order valence-electron chi connectivity index (χ1n) is 8.90. The van der Waals surface area contributed by atoms with Crippen molar-refractivity contribution in [2.45, 2.75) is 37.9 Å². The number of nitrogens with zero attached hydrogens (tertiary/aromatic N) is 4. The molecule has 2 aliphatic rings. The fourth-order valence-electron chi connectivity index (χ4n) is 4.13. The second-order valence-electron chi connectivity index (χ2n) is 7.13. The Kier molecular flexibility index (Phi) is 4.66. The molecular weight excluding hydrogens is 357 g/mol. The van der Waals surface area contributed by atoms with Gasteiger partial charge in [0.05, 0.1) is 5.39 Å². The van der Waals surface area contributed by atoms with Crippen molar-refractivity contribution in [1.29, 1.82) is 0 Å². The van der Waals surface area contributed by atoms with Crippen molar-refractivity contribution in [3.05, 3.63) is 18.6 Å². The lowest BCUT2D eigenvalue weighted by molar-refractivity contribution is 0.125. The highest BCUT2D eigenvalue weighted by atomic mass is 32.2. The predicted molar refractivity (Wildman–Crippen MR) is 98.4 cm³/mol. The minimum absolute atomic E-state index is 0.0110. The zero-order valence-electron chi connectivity index (χ0n) is 14.6. The first-order chi connectivity index (χ1) is 12.5. The number of halogens is 1. The summed E-state index contributed by atoms with van der Waals surface area (Å²) in [5.74, 6) is 0.877. The highest BCUT2D eigenvalue weighted by molar-refractivity contribution is 7.72. The number of alkyl halides is 1. The molecule has 1 saturated heterocycles. The summed E-state index contributed by atoms with van der Waals surface area (Å²) in [4.78, 5) is 16.0. The van der Waals surface area contributed by atoms with Crippen molar-refractivity contribution >= 4 is 32.1 Å². The maximum atomic E-state index is 13.1. The van der Waals surface area contributed by atoms with E-state index in [1.165, 1.54) is 0 Å². The van der Waals surface area contributed by atoms with Crippen LogP contribution in [0.25, 0.3) is 11.0 Å². The molecule has 1 N–H and O–H groups in total. The lowest BCUT2D eigenvalue weighted by atomic mass is 9.84. The van der Waals surface area contributed by atoms with Gasteiger partial charge in [0.15, 0.2) is 0 Å². The Labute approximate surface area is 152 Å². The van der Waals surface area contributed by atoms with Crippen molar-refractivity contribution in [3.8, 4) is 0 Å². The second kappa shape index (κ2) is 6.96. The second-order valence-corrected chi connectivity index (χ2v) is 8.02. The molecule has 4 rings (SSSR count). The lowest BCUT2D eigenvalue weighted by Crippen LogP contribution is -2.54. The van der Waals surface area contributed by atoms with Crippen LogP contribution in [0.4, 0.5) is 10.2 Å². The van der Waals surface area contributed by atoms with Crippen LogP contribution in [0.3, 0.4) is 0 Å². The monoisotopic (exact) mass is 379 g/mol. The molecule has 0 aromatic carbocycles. The van der Waals surface area contributed by atoms with E-state index in [9.17, 15) is 12.8 Å². The van der Waals surface area contributed by atoms with E-state index in [0.717, 1.165) is 42.5 Å². The SMILES string of the molecule is CN(c1ncnc2[nH]ccc12)C1CCC(C(N2CC(F)C2)=S(=O)=O)CC1. The third-order valence-corrected chi connectivity index (χ3v) is 6.51. The topological polar surface area (TPSA) is 82.2 Å². The van der Waals surface area contributed by atoms with Gasteiger partial charge in [-0.3, -0.25) is 4.90 Å². The first kappa shape index (κ1) is 17.4. The number of hydrogen-bond donors (Lipinski definition) is 1. The molecule has 2 aromatic heterocycles. The van der Waals surface area contributed by atoms with E-state index in [0.29, 0.717) is 11.0 Å². The highest BCUT2D eigenvalue weighted by Gasteiger charge is 2.37. The van der Waals surface area contributed by atoms with E-state index >= 15 is 0 Å². The summed E-state index contributed by atoms with van der Waals surface area (Å²) in [5, 5.41) is 0.986. The molecule has 140 valence electrons. The summed E-state index contributed by atoms with van der Waals surface area (Å²) in [6.45, 7) is 0.408. The fraction of sp³-hybridized carbons (Fsp3) is 0.588. The van der Waals surface area contributed by atoms with E-state index in [1.807, 2.05) is 19.3 Å². The zero-order chi connectivity index (χ0) is 18.3. The first-order valence-corrected chi connectivity index (χ1v) is 9.98. The van der Waals surface area contributed by atoms with E-state index < -0.39 is 16.5 Å². The summed E-state index contributed by atoms with van der Waals surface area (Å²) >= 11 is 0. The molecule has 0 atom stereocenters. The van der Waals surface area contributed by atoms with Crippen molar-refractivity contribution < 1.29 is 12.8 Å². The van der Waals surface area contributed by atoms with Crippen LogP contribution in [-0.2, 0) is 10.3 Å². The van der Waals surface area contributed by atoms with Crippen LogP contribution in [0.15, 0.2) is 18.6 Å². The quantitative estimate of drug-likeness (QED) is 0.816. The zero-order valence-corrected chi connectivity index (χ0v) is 15.4. The van der Waals surface area contributed by atoms with E-state index in [-0.39, 0.29) is 19.0 Å². The molecule has 0 radical (unpaired) electrons. The maximum Gasteiger partial charge on any atom is 0.228 e. The Morgan fingerprint density at radius 1 is 1.27 bits per heavy atom. The molecular formula is C17H22FN5O2S. The molecule has 0 unspecified atom stereocenters. The minimum atomic E-state index is -2.28. The van der Waals surface area contributed by atoms with Crippen LogP contribution in [0.1, 0.15) is 25.7 Å². The van der Waals surface area contributed by atoms with Crippen molar-refractivity contribution in [3.63, 3.8) is 0 Å². The number of H-pyrrole nitrogens is 1. The van der Waals surface area contributed by atoms with Crippen LogP contribution < -0.4 is 4.90 Å². The molecule has 7 nitrogen and oxygen atoms in total. The summed E-state index contributed by atoms with van der Waals surface area (Å²) in [5.41, 5.74) is 0.812. The largest absolute Gasteiger partial charge is 0.356 e. The molecule has 0 spiro atoms. The van der Waals surface area contributed by atoms with E-state index in [2.05, 4.69) is 19.9 Å². The average molecular weight is 379 g/mol. The Morgan fingerprint density at radius 3 is 2.65 bits per heavy atom. The summed E-state index contributed by atoms with van der Waals surface area (Å²) in [6, 6.07) is 2.27. The molecule has 1 saturated carbocycles. The van der Waals surface area contributed by atoms with Crippen LogP contribution in [0, 0.1) is 5.92 Å². The van der Waals surface area contributed by atoms with Gasteiger partial charge in [-0.2, -0.15) is 8.42 Å². The molecule has 2 aromatic rings. The Balaban J connectivity index is 1.46. The van der Waals surface area contributed by atoms with Crippen molar-refractivity contribution in [2.75, 3.05) is 25.0 Å². The van der Waals surface area contributed by atoms with Gasteiger partial charge in [0.2, 0.25) is 10.3 Å². The van der Waals surface area contributed by atoms with E-state index in [1.54, 1.807) is 11.2 Å². The van der Waals surface area contributed by atoms with Crippen LogP contribution in [-0.4, -0.2) is 65.6 Å². The van der Waals surface area contributed by atoms with Gasteiger partial charge in [-0.05, 0) is 31.7 Å². The minimum Gasteiger partial charge on any atom is -0.356 e. The number of nitrogens with one attached hydrogen (secondary N) is 1. The van der Waals surface area contributed by atoms with Gasteiger partial charge in [-0.1, -0.05) is 0 Å². The molecule has 1 aliphatic heterocycles. The third-order valence-electron chi connectivity index (χ3n) is 5.58. The fourth-order valence-corrected chi connectivity index (χ4v) is 4.99. The molecule has 1 aliphatic carbocycles. The highest BCUT2D eigenvalue weighted by Crippen LogP contribution is 2.33. The molecule has 0 bridgehead atoms. The third kappa shape index (κ3) is 3.09. The maximum absolute atomic E-state index is 13.1. The van der Waals surface area contributed by atoms with Gasteiger partial charge in [0, 0.05) is 38.3 Å². The van der Waals surface area contributed by atoms with Gasteiger partial charge < -0.3 is 9.88 Å². The number of rotatable bonds is 3. The lowest BCUT2D eigenvalue weighted by Gasteiger charge is -2.40.